The van der Waals surface area contributed by atoms with Gasteiger partial charge in [-0.25, -0.2) is 4.98 Å². The van der Waals surface area contributed by atoms with Gasteiger partial charge in [0.25, 0.3) is 5.91 Å². The summed E-state index contributed by atoms with van der Waals surface area (Å²) in [6.07, 6.45) is 6.42. The van der Waals surface area contributed by atoms with Crippen molar-refractivity contribution in [2.45, 2.75) is 19.0 Å². The van der Waals surface area contributed by atoms with Crippen LogP contribution in [0, 0.1) is 0 Å². The highest BCUT2D eigenvalue weighted by Crippen LogP contribution is 2.23. The van der Waals surface area contributed by atoms with Gasteiger partial charge in [-0.2, -0.15) is 5.10 Å². The van der Waals surface area contributed by atoms with E-state index in [-0.39, 0.29) is 24.3 Å². The third kappa shape index (κ3) is 2.67. The Hall–Kier alpha value is -2.77. The lowest BCUT2D eigenvalue weighted by Gasteiger charge is -2.33. The maximum atomic E-state index is 12.5. The van der Waals surface area contributed by atoms with Gasteiger partial charge in [0.1, 0.15) is 5.69 Å². The van der Waals surface area contributed by atoms with Crippen molar-refractivity contribution >= 4 is 11.8 Å². The van der Waals surface area contributed by atoms with Crippen LogP contribution in [-0.4, -0.2) is 50.1 Å². The molecule has 1 atom stereocenters. The molecule has 8 nitrogen and oxygen atoms in total. The Labute approximate surface area is 127 Å². The number of fused-ring (bicyclic) bond motifs is 1. The molecule has 1 N–H and O–H groups in total. The molecule has 0 saturated carbocycles. The van der Waals surface area contributed by atoms with Gasteiger partial charge in [0.2, 0.25) is 5.91 Å². The standard InChI is InChI=1S/C14H16N6O2/c1-15-13(21)6-11-9-19(8-10-2-3-18-20(10)11)14(22)12-7-16-4-5-17-12/h2-5,7,11H,6,8-9H2,1H3,(H,15,21). The second kappa shape index (κ2) is 5.92. The van der Waals surface area contributed by atoms with E-state index in [9.17, 15) is 9.59 Å². The summed E-state index contributed by atoms with van der Waals surface area (Å²) in [5.41, 5.74) is 1.20. The number of amides is 2. The van der Waals surface area contributed by atoms with E-state index >= 15 is 0 Å². The Morgan fingerprint density at radius 3 is 2.95 bits per heavy atom. The van der Waals surface area contributed by atoms with Crippen LogP contribution in [0.25, 0.3) is 0 Å². The molecule has 0 aliphatic carbocycles. The predicted octanol–water partition coefficient (Wildman–Crippen LogP) is 0.00630. The summed E-state index contributed by atoms with van der Waals surface area (Å²) in [4.78, 5) is 33.8. The average molecular weight is 300 g/mol. The first-order valence-electron chi connectivity index (χ1n) is 6.97. The van der Waals surface area contributed by atoms with Gasteiger partial charge < -0.3 is 10.2 Å². The number of rotatable bonds is 3. The second-order valence-corrected chi connectivity index (χ2v) is 5.07. The number of carbonyl (C=O) groups is 2. The van der Waals surface area contributed by atoms with Crippen LogP contribution in [0.15, 0.2) is 30.9 Å². The van der Waals surface area contributed by atoms with E-state index in [1.807, 2.05) is 10.7 Å². The third-order valence-electron chi connectivity index (χ3n) is 3.65. The molecule has 8 heteroatoms. The lowest BCUT2D eigenvalue weighted by atomic mass is 10.1. The quantitative estimate of drug-likeness (QED) is 0.861. The molecule has 1 aliphatic heterocycles. The lowest BCUT2D eigenvalue weighted by molar-refractivity contribution is -0.121. The Bertz CT molecular complexity index is 684. The molecule has 0 aromatic carbocycles. The van der Waals surface area contributed by atoms with Crippen LogP contribution in [0.3, 0.4) is 0 Å². The Morgan fingerprint density at radius 1 is 1.36 bits per heavy atom. The van der Waals surface area contributed by atoms with Crippen LogP contribution in [0.5, 0.6) is 0 Å². The normalized spacial score (nSPS) is 17.0. The highest BCUT2D eigenvalue weighted by Gasteiger charge is 2.30. The summed E-state index contributed by atoms with van der Waals surface area (Å²) in [6.45, 7) is 0.858. The molecule has 2 amide bonds. The summed E-state index contributed by atoms with van der Waals surface area (Å²) in [5, 5.41) is 6.87. The minimum absolute atomic E-state index is 0.0831. The predicted molar refractivity (Wildman–Crippen MR) is 76.7 cm³/mol. The molecule has 1 unspecified atom stereocenters. The zero-order chi connectivity index (χ0) is 15.5. The smallest absolute Gasteiger partial charge is 0.274 e. The van der Waals surface area contributed by atoms with Crippen LogP contribution in [0.4, 0.5) is 0 Å². The Balaban J connectivity index is 1.84. The zero-order valence-electron chi connectivity index (χ0n) is 12.1. The van der Waals surface area contributed by atoms with E-state index in [0.29, 0.717) is 18.8 Å². The average Bonchev–Trinajstić information content (AvgIpc) is 3.03. The molecule has 0 spiro atoms. The first-order chi connectivity index (χ1) is 10.7. The number of hydrogen-bond acceptors (Lipinski definition) is 5. The van der Waals surface area contributed by atoms with Crippen LogP contribution in [-0.2, 0) is 11.3 Å². The molecule has 22 heavy (non-hydrogen) atoms. The van der Waals surface area contributed by atoms with Gasteiger partial charge in [0.15, 0.2) is 0 Å². The van der Waals surface area contributed by atoms with Crippen molar-refractivity contribution in [3.8, 4) is 0 Å². The van der Waals surface area contributed by atoms with Crippen molar-refractivity contribution in [1.29, 1.82) is 0 Å². The number of nitrogens with one attached hydrogen (secondary N) is 1. The zero-order valence-corrected chi connectivity index (χ0v) is 12.1. The van der Waals surface area contributed by atoms with Crippen molar-refractivity contribution in [3.05, 3.63) is 42.2 Å². The number of carbonyl (C=O) groups excluding carboxylic acids is 2. The van der Waals surface area contributed by atoms with Crippen molar-refractivity contribution in [2.75, 3.05) is 13.6 Å². The topological polar surface area (TPSA) is 93.0 Å². The summed E-state index contributed by atoms with van der Waals surface area (Å²) >= 11 is 0. The fourth-order valence-corrected chi connectivity index (χ4v) is 2.58. The molecule has 3 heterocycles. The lowest BCUT2D eigenvalue weighted by Crippen LogP contribution is -2.43. The number of hydrogen-bond donors (Lipinski definition) is 1. The summed E-state index contributed by atoms with van der Waals surface area (Å²) in [5.74, 6) is -0.275. The highest BCUT2D eigenvalue weighted by atomic mass is 16.2. The van der Waals surface area contributed by atoms with E-state index in [4.69, 9.17) is 0 Å². The van der Waals surface area contributed by atoms with Crippen LogP contribution >= 0.6 is 0 Å². The first kappa shape index (κ1) is 14.2. The molecule has 0 fully saturated rings. The van der Waals surface area contributed by atoms with Gasteiger partial charge in [0.05, 0.1) is 30.9 Å². The first-order valence-corrected chi connectivity index (χ1v) is 6.97. The summed E-state index contributed by atoms with van der Waals surface area (Å²) < 4.78 is 1.82. The molecule has 0 saturated heterocycles. The van der Waals surface area contributed by atoms with E-state index in [1.54, 1.807) is 18.1 Å². The second-order valence-electron chi connectivity index (χ2n) is 5.07. The number of aromatic nitrogens is 4. The molecule has 0 bridgehead atoms. The molecule has 1 aliphatic rings. The van der Waals surface area contributed by atoms with Gasteiger partial charge >= 0.3 is 0 Å². The van der Waals surface area contributed by atoms with Crippen molar-refractivity contribution in [2.24, 2.45) is 0 Å². The maximum absolute atomic E-state index is 12.5. The largest absolute Gasteiger partial charge is 0.359 e. The molecular formula is C14H16N6O2. The maximum Gasteiger partial charge on any atom is 0.274 e. The third-order valence-corrected chi connectivity index (χ3v) is 3.65. The molecule has 2 aromatic rings. The van der Waals surface area contributed by atoms with Crippen molar-refractivity contribution in [3.63, 3.8) is 0 Å². The van der Waals surface area contributed by atoms with Gasteiger partial charge in [-0.05, 0) is 6.07 Å². The fraction of sp³-hybridized carbons (Fsp3) is 0.357. The Morgan fingerprint density at radius 2 is 2.23 bits per heavy atom. The molecule has 3 rings (SSSR count). The van der Waals surface area contributed by atoms with E-state index < -0.39 is 0 Å². The monoisotopic (exact) mass is 300 g/mol. The van der Waals surface area contributed by atoms with E-state index in [1.165, 1.54) is 18.6 Å². The molecule has 114 valence electrons. The summed E-state index contributed by atoms with van der Waals surface area (Å²) in [7, 11) is 1.59. The van der Waals surface area contributed by atoms with Crippen LogP contribution in [0.1, 0.15) is 28.6 Å². The van der Waals surface area contributed by atoms with Crippen molar-refractivity contribution in [1.82, 2.24) is 30.0 Å². The number of nitrogens with zero attached hydrogens (tertiary/aromatic N) is 5. The fourth-order valence-electron chi connectivity index (χ4n) is 2.58. The van der Waals surface area contributed by atoms with Gasteiger partial charge in [-0.15, -0.1) is 0 Å². The van der Waals surface area contributed by atoms with Gasteiger partial charge in [-0.1, -0.05) is 0 Å². The Kier molecular flexibility index (Phi) is 3.82. The molecular weight excluding hydrogens is 284 g/mol. The van der Waals surface area contributed by atoms with E-state index in [2.05, 4.69) is 20.4 Å². The molecule has 2 aromatic heterocycles. The highest BCUT2D eigenvalue weighted by molar-refractivity contribution is 5.92. The minimum Gasteiger partial charge on any atom is -0.359 e. The van der Waals surface area contributed by atoms with Gasteiger partial charge in [-0.3, -0.25) is 19.3 Å². The van der Waals surface area contributed by atoms with E-state index in [0.717, 1.165) is 5.69 Å². The molecule has 0 radical (unpaired) electrons. The van der Waals surface area contributed by atoms with Crippen molar-refractivity contribution < 1.29 is 9.59 Å². The van der Waals surface area contributed by atoms with Crippen LogP contribution < -0.4 is 5.32 Å². The summed E-state index contributed by atoms with van der Waals surface area (Å²) in [6, 6.07) is 1.67. The minimum atomic E-state index is -0.192. The van der Waals surface area contributed by atoms with Crippen LogP contribution in [0.2, 0.25) is 0 Å². The SMILES string of the molecule is CNC(=O)CC1CN(C(=O)c2cnccn2)Cc2ccnn21. The van der Waals surface area contributed by atoms with Gasteiger partial charge in [0, 0.05) is 32.2 Å².